The first-order valence-electron chi connectivity index (χ1n) is 6.34. The Hall–Kier alpha value is -2.17. The Kier molecular flexibility index (Phi) is 3.03. The average Bonchev–Trinajstić information content (AvgIpc) is 3.15. The van der Waals surface area contributed by atoms with Gasteiger partial charge in [-0.05, 0) is 44.0 Å². The van der Waals surface area contributed by atoms with Gasteiger partial charge in [0.1, 0.15) is 23.3 Å². The summed E-state index contributed by atoms with van der Waals surface area (Å²) in [7, 11) is 0. The fourth-order valence-electron chi connectivity index (χ4n) is 1.82. The topological polar surface area (TPSA) is 49.8 Å². The van der Waals surface area contributed by atoms with Gasteiger partial charge in [0.15, 0.2) is 0 Å². The van der Waals surface area contributed by atoms with Crippen molar-refractivity contribution in [2.75, 3.05) is 10.6 Å². The summed E-state index contributed by atoms with van der Waals surface area (Å²) in [6.45, 7) is 1.86. The largest absolute Gasteiger partial charge is 0.367 e. The molecule has 1 aliphatic carbocycles. The molecule has 2 N–H and O–H groups in total. The van der Waals surface area contributed by atoms with Crippen molar-refractivity contribution < 1.29 is 4.39 Å². The molecule has 0 spiro atoms. The van der Waals surface area contributed by atoms with E-state index in [-0.39, 0.29) is 5.82 Å². The molecule has 4 nitrogen and oxygen atoms in total. The standard InChI is InChI=1S/C14H15FN4/c1-9-16-13(8-14(17-9)19-12-6-7-12)18-11-4-2-10(15)3-5-11/h2-5,8,12H,6-7H2,1H3,(H2,16,17,18,19). The highest BCUT2D eigenvalue weighted by atomic mass is 19.1. The van der Waals surface area contributed by atoms with E-state index in [1.807, 2.05) is 13.0 Å². The normalized spacial score (nSPS) is 14.2. The van der Waals surface area contributed by atoms with Gasteiger partial charge in [-0.3, -0.25) is 0 Å². The first kappa shape index (κ1) is 11.9. The summed E-state index contributed by atoms with van der Waals surface area (Å²) in [5, 5.41) is 6.49. The zero-order valence-corrected chi connectivity index (χ0v) is 10.7. The summed E-state index contributed by atoms with van der Waals surface area (Å²) in [6, 6.07) is 8.61. The van der Waals surface area contributed by atoms with E-state index in [2.05, 4.69) is 20.6 Å². The van der Waals surface area contributed by atoms with Crippen LogP contribution < -0.4 is 10.6 Å². The van der Waals surface area contributed by atoms with Crippen molar-refractivity contribution in [1.82, 2.24) is 9.97 Å². The Bertz CT molecular complexity index is 578. The van der Waals surface area contributed by atoms with E-state index in [1.165, 1.54) is 25.0 Å². The van der Waals surface area contributed by atoms with E-state index < -0.39 is 0 Å². The molecule has 1 saturated carbocycles. The lowest BCUT2D eigenvalue weighted by Gasteiger charge is -2.09. The minimum absolute atomic E-state index is 0.250. The predicted molar refractivity (Wildman–Crippen MR) is 73.1 cm³/mol. The van der Waals surface area contributed by atoms with Crippen molar-refractivity contribution in [1.29, 1.82) is 0 Å². The van der Waals surface area contributed by atoms with Crippen LogP contribution in [0.15, 0.2) is 30.3 Å². The third kappa shape index (κ3) is 3.19. The van der Waals surface area contributed by atoms with Crippen LogP contribution in [0.25, 0.3) is 0 Å². The van der Waals surface area contributed by atoms with Crippen molar-refractivity contribution in [3.63, 3.8) is 0 Å². The van der Waals surface area contributed by atoms with Crippen LogP contribution in [0, 0.1) is 12.7 Å². The van der Waals surface area contributed by atoms with E-state index in [9.17, 15) is 4.39 Å². The summed E-state index contributed by atoms with van der Waals surface area (Å²) >= 11 is 0. The number of aromatic nitrogens is 2. The van der Waals surface area contributed by atoms with Crippen LogP contribution in [0.5, 0.6) is 0 Å². The van der Waals surface area contributed by atoms with E-state index in [0.717, 1.165) is 11.5 Å². The maximum Gasteiger partial charge on any atom is 0.136 e. The second-order valence-corrected chi connectivity index (χ2v) is 4.74. The Balaban J connectivity index is 1.79. The smallest absolute Gasteiger partial charge is 0.136 e. The Morgan fingerprint density at radius 2 is 1.79 bits per heavy atom. The molecular formula is C14H15FN4. The number of anilines is 3. The molecule has 1 fully saturated rings. The SMILES string of the molecule is Cc1nc(Nc2ccc(F)cc2)cc(NC2CC2)n1. The molecular weight excluding hydrogens is 243 g/mol. The molecule has 0 radical (unpaired) electrons. The van der Waals surface area contributed by atoms with Gasteiger partial charge in [0, 0.05) is 17.8 Å². The molecule has 1 aromatic carbocycles. The Labute approximate surface area is 111 Å². The molecule has 98 valence electrons. The van der Waals surface area contributed by atoms with Gasteiger partial charge in [-0.2, -0.15) is 0 Å². The van der Waals surface area contributed by atoms with Gasteiger partial charge in [0.2, 0.25) is 0 Å². The minimum Gasteiger partial charge on any atom is -0.367 e. The third-order valence-corrected chi connectivity index (χ3v) is 2.88. The number of nitrogens with one attached hydrogen (secondary N) is 2. The number of halogens is 1. The maximum absolute atomic E-state index is 12.8. The number of benzene rings is 1. The van der Waals surface area contributed by atoms with Crippen LogP contribution in [0.3, 0.4) is 0 Å². The summed E-state index contributed by atoms with van der Waals surface area (Å²) in [5.41, 5.74) is 0.803. The molecule has 0 atom stereocenters. The lowest BCUT2D eigenvalue weighted by atomic mass is 10.3. The van der Waals surface area contributed by atoms with Crippen molar-refractivity contribution in [3.05, 3.63) is 42.0 Å². The molecule has 0 amide bonds. The van der Waals surface area contributed by atoms with Gasteiger partial charge in [-0.1, -0.05) is 0 Å². The Morgan fingerprint density at radius 3 is 2.47 bits per heavy atom. The molecule has 2 aromatic rings. The number of hydrogen-bond acceptors (Lipinski definition) is 4. The molecule has 19 heavy (non-hydrogen) atoms. The molecule has 0 saturated heterocycles. The lowest BCUT2D eigenvalue weighted by Crippen LogP contribution is -2.06. The van der Waals surface area contributed by atoms with Crippen molar-refractivity contribution in [3.8, 4) is 0 Å². The van der Waals surface area contributed by atoms with Gasteiger partial charge in [0.05, 0.1) is 0 Å². The van der Waals surface area contributed by atoms with Gasteiger partial charge in [-0.15, -0.1) is 0 Å². The zero-order chi connectivity index (χ0) is 13.2. The molecule has 0 unspecified atom stereocenters. The first-order valence-corrected chi connectivity index (χ1v) is 6.34. The molecule has 0 aliphatic heterocycles. The minimum atomic E-state index is -0.250. The molecule has 1 aromatic heterocycles. The molecule has 1 heterocycles. The monoisotopic (exact) mass is 258 g/mol. The predicted octanol–water partition coefficient (Wildman–Crippen LogP) is 3.24. The highest BCUT2D eigenvalue weighted by molar-refractivity contribution is 5.59. The highest BCUT2D eigenvalue weighted by Gasteiger charge is 2.21. The fourth-order valence-corrected chi connectivity index (χ4v) is 1.82. The van der Waals surface area contributed by atoms with Crippen LogP contribution in [-0.4, -0.2) is 16.0 Å². The second kappa shape index (κ2) is 4.84. The highest BCUT2D eigenvalue weighted by Crippen LogP contribution is 2.25. The number of hydrogen-bond donors (Lipinski definition) is 2. The zero-order valence-electron chi connectivity index (χ0n) is 10.7. The molecule has 5 heteroatoms. The summed E-state index contributed by atoms with van der Waals surface area (Å²) in [5.74, 6) is 2.00. The summed E-state index contributed by atoms with van der Waals surface area (Å²) in [6.07, 6.45) is 2.40. The quantitative estimate of drug-likeness (QED) is 0.884. The van der Waals surface area contributed by atoms with Crippen LogP contribution in [0.4, 0.5) is 21.7 Å². The third-order valence-electron chi connectivity index (χ3n) is 2.88. The van der Waals surface area contributed by atoms with E-state index in [4.69, 9.17) is 0 Å². The lowest BCUT2D eigenvalue weighted by molar-refractivity contribution is 0.628. The molecule has 0 bridgehead atoms. The van der Waals surface area contributed by atoms with Crippen LogP contribution in [0.1, 0.15) is 18.7 Å². The van der Waals surface area contributed by atoms with E-state index in [1.54, 1.807) is 12.1 Å². The first-order chi connectivity index (χ1) is 9.19. The fraction of sp³-hybridized carbons (Fsp3) is 0.286. The van der Waals surface area contributed by atoms with Crippen LogP contribution in [0.2, 0.25) is 0 Å². The maximum atomic E-state index is 12.8. The summed E-state index contributed by atoms with van der Waals surface area (Å²) in [4.78, 5) is 8.67. The van der Waals surface area contributed by atoms with Crippen molar-refractivity contribution in [2.24, 2.45) is 0 Å². The number of nitrogens with zero attached hydrogens (tertiary/aromatic N) is 2. The van der Waals surface area contributed by atoms with Crippen LogP contribution >= 0.6 is 0 Å². The van der Waals surface area contributed by atoms with E-state index in [0.29, 0.717) is 17.7 Å². The molecule has 3 rings (SSSR count). The number of aryl methyl sites for hydroxylation is 1. The Morgan fingerprint density at radius 1 is 1.11 bits per heavy atom. The van der Waals surface area contributed by atoms with Gasteiger partial charge >= 0.3 is 0 Å². The average molecular weight is 258 g/mol. The molecule has 1 aliphatic rings. The van der Waals surface area contributed by atoms with Crippen LogP contribution in [-0.2, 0) is 0 Å². The van der Waals surface area contributed by atoms with Gasteiger partial charge < -0.3 is 10.6 Å². The van der Waals surface area contributed by atoms with Crippen molar-refractivity contribution in [2.45, 2.75) is 25.8 Å². The van der Waals surface area contributed by atoms with Crippen molar-refractivity contribution >= 4 is 17.3 Å². The van der Waals surface area contributed by atoms with Gasteiger partial charge in [0.25, 0.3) is 0 Å². The van der Waals surface area contributed by atoms with Gasteiger partial charge in [-0.25, -0.2) is 14.4 Å². The number of rotatable bonds is 4. The second-order valence-electron chi connectivity index (χ2n) is 4.74. The summed E-state index contributed by atoms with van der Waals surface area (Å²) < 4.78 is 12.8. The van der Waals surface area contributed by atoms with E-state index >= 15 is 0 Å².